The van der Waals surface area contributed by atoms with Gasteiger partial charge in [0, 0.05) is 18.7 Å². The van der Waals surface area contributed by atoms with Gasteiger partial charge < -0.3 is 24.0 Å². The number of anilines is 1. The minimum Gasteiger partial charge on any atom is -0.444 e. The van der Waals surface area contributed by atoms with E-state index in [9.17, 15) is 22.4 Å². The Kier molecular flexibility index (Phi) is 6.05. The monoisotopic (exact) mass is 484 g/mol. The van der Waals surface area contributed by atoms with Crippen LogP contribution in [-0.4, -0.2) is 64.9 Å². The number of benzene rings is 1. The second kappa shape index (κ2) is 8.57. The van der Waals surface area contributed by atoms with Crippen LogP contribution >= 0.6 is 0 Å². The lowest BCUT2D eigenvalue weighted by atomic mass is 9.92. The molecule has 2 aromatic rings. The molecule has 0 saturated carbocycles. The van der Waals surface area contributed by atoms with Gasteiger partial charge in [-0.15, -0.1) is 0 Å². The summed E-state index contributed by atoms with van der Waals surface area (Å²) in [5.74, 6) is -1.17. The predicted molar refractivity (Wildman–Crippen MR) is 112 cm³/mol. The number of hydrogen-bond acceptors (Lipinski definition) is 7. The second-order valence-corrected chi connectivity index (χ2v) is 9.24. The van der Waals surface area contributed by atoms with Gasteiger partial charge >= 0.3 is 12.3 Å². The zero-order valence-corrected chi connectivity index (χ0v) is 18.9. The Hall–Kier alpha value is -3.15. The van der Waals surface area contributed by atoms with E-state index in [2.05, 4.69) is 9.97 Å². The van der Waals surface area contributed by atoms with Crippen molar-refractivity contribution in [3.05, 3.63) is 41.8 Å². The average Bonchev–Trinajstić information content (AvgIpc) is 2.70. The molecule has 2 fully saturated rings. The fourth-order valence-electron chi connectivity index (χ4n) is 3.71. The van der Waals surface area contributed by atoms with Gasteiger partial charge in [0.2, 0.25) is 11.8 Å². The van der Waals surface area contributed by atoms with Crippen molar-refractivity contribution in [2.75, 3.05) is 37.7 Å². The molecule has 0 bridgehead atoms. The number of amides is 1. The van der Waals surface area contributed by atoms with Crippen molar-refractivity contribution in [2.24, 2.45) is 0 Å². The van der Waals surface area contributed by atoms with E-state index in [4.69, 9.17) is 14.2 Å². The fourth-order valence-corrected chi connectivity index (χ4v) is 3.71. The molecule has 2 saturated heterocycles. The summed E-state index contributed by atoms with van der Waals surface area (Å²) in [4.78, 5) is 23.2. The maximum absolute atomic E-state index is 13.5. The van der Waals surface area contributed by atoms with Crippen molar-refractivity contribution in [2.45, 2.75) is 38.1 Å². The first-order valence-corrected chi connectivity index (χ1v) is 10.6. The van der Waals surface area contributed by atoms with Gasteiger partial charge in [-0.05, 0) is 32.9 Å². The van der Waals surface area contributed by atoms with Gasteiger partial charge in [0.05, 0.1) is 26.2 Å². The molecule has 0 atom stereocenters. The second-order valence-electron chi connectivity index (χ2n) is 9.24. The van der Waals surface area contributed by atoms with E-state index in [0.29, 0.717) is 12.6 Å². The molecular weight excluding hydrogens is 460 g/mol. The Morgan fingerprint density at radius 1 is 1.12 bits per heavy atom. The van der Waals surface area contributed by atoms with Crippen LogP contribution in [0.4, 0.5) is 28.3 Å². The maximum Gasteiger partial charge on any atom is 0.433 e. The topological polar surface area (TPSA) is 77.0 Å². The van der Waals surface area contributed by atoms with Crippen LogP contribution in [0.25, 0.3) is 0 Å². The molecule has 1 aromatic heterocycles. The van der Waals surface area contributed by atoms with Crippen LogP contribution in [0.15, 0.2) is 30.3 Å². The fraction of sp³-hybridized carbons (Fsp3) is 0.500. The summed E-state index contributed by atoms with van der Waals surface area (Å²) in [6.45, 7) is 6.48. The molecule has 2 aliphatic rings. The zero-order chi connectivity index (χ0) is 24.7. The van der Waals surface area contributed by atoms with Crippen LogP contribution in [0.1, 0.15) is 26.5 Å². The van der Waals surface area contributed by atoms with E-state index in [0.717, 1.165) is 6.07 Å². The summed E-state index contributed by atoms with van der Waals surface area (Å²) < 4.78 is 70.4. The highest BCUT2D eigenvalue weighted by Gasteiger charge is 2.50. The molecular formula is C22H24F4N4O4. The quantitative estimate of drug-likeness (QED) is 0.603. The van der Waals surface area contributed by atoms with Crippen LogP contribution in [-0.2, 0) is 15.7 Å². The molecule has 1 amide bonds. The van der Waals surface area contributed by atoms with E-state index < -0.39 is 35.0 Å². The van der Waals surface area contributed by atoms with E-state index in [1.807, 2.05) is 0 Å². The number of nitrogens with zero attached hydrogens (tertiary/aromatic N) is 4. The van der Waals surface area contributed by atoms with Gasteiger partial charge in [0.25, 0.3) is 0 Å². The lowest BCUT2D eigenvalue weighted by Gasteiger charge is -2.53. The SMILES string of the molecule is CC(C)(C)OC(=O)N1CCOC2(C1)CN(c1nc(Oc3cccc(F)c3)cc(C(F)(F)F)n1)C2. The Morgan fingerprint density at radius 2 is 1.85 bits per heavy atom. The number of aromatic nitrogens is 2. The maximum atomic E-state index is 13.5. The summed E-state index contributed by atoms with van der Waals surface area (Å²) in [6.07, 6.45) is -5.22. The van der Waals surface area contributed by atoms with Gasteiger partial charge in [-0.1, -0.05) is 6.07 Å². The highest BCUT2D eigenvalue weighted by atomic mass is 19.4. The number of alkyl halides is 3. The molecule has 0 aliphatic carbocycles. The number of morpholine rings is 1. The van der Waals surface area contributed by atoms with E-state index >= 15 is 0 Å². The Morgan fingerprint density at radius 3 is 2.50 bits per heavy atom. The smallest absolute Gasteiger partial charge is 0.433 e. The molecule has 3 heterocycles. The summed E-state index contributed by atoms with van der Waals surface area (Å²) >= 11 is 0. The number of ether oxygens (including phenoxy) is 3. The number of halogens is 4. The van der Waals surface area contributed by atoms with Crippen molar-refractivity contribution in [1.29, 1.82) is 0 Å². The van der Waals surface area contributed by atoms with Crippen LogP contribution in [0.5, 0.6) is 11.6 Å². The summed E-state index contributed by atoms with van der Waals surface area (Å²) in [5.41, 5.74) is -2.61. The third-order valence-electron chi connectivity index (χ3n) is 5.14. The van der Waals surface area contributed by atoms with E-state index in [-0.39, 0.29) is 43.8 Å². The summed E-state index contributed by atoms with van der Waals surface area (Å²) in [6, 6.07) is 5.65. The molecule has 0 N–H and O–H groups in total. The largest absolute Gasteiger partial charge is 0.444 e. The first-order chi connectivity index (χ1) is 15.8. The van der Waals surface area contributed by atoms with Crippen molar-refractivity contribution >= 4 is 12.0 Å². The minimum absolute atomic E-state index is 0.00136. The third kappa shape index (κ3) is 5.49. The summed E-state index contributed by atoms with van der Waals surface area (Å²) in [7, 11) is 0. The van der Waals surface area contributed by atoms with E-state index in [1.165, 1.54) is 28.0 Å². The van der Waals surface area contributed by atoms with Crippen LogP contribution < -0.4 is 9.64 Å². The van der Waals surface area contributed by atoms with Gasteiger partial charge in [0.15, 0.2) is 5.69 Å². The van der Waals surface area contributed by atoms with Crippen molar-refractivity contribution in [1.82, 2.24) is 14.9 Å². The third-order valence-corrected chi connectivity index (χ3v) is 5.14. The van der Waals surface area contributed by atoms with Crippen molar-refractivity contribution in [3.63, 3.8) is 0 Å². The van der Waals surface area contributed by atoms with Gasteiger partial charge in [-0.25, -0.2) is 14.2 Å². The molecule has 8 nitrogen and oxygen atoms in total. The zero-order valence-electron chi connectivity index (χ0n) is 18.9. The van der Waals surface area contributed by atoms with Gasteiger partial charge in [-0.2, -0.15) is 18.2 Å². The Labute approximate surface area is 193 Å². The predicted octanol–water partition coefficient (Wildman–Crippen LogP) is 4.25. The lowest BCUT2D eigenvalue weighted by molar-refractivity contribution is -0.141. The van der Waals surface area contributed by atoms with Gasteiger partial charge in [-0.3, -0.25) is 0 Å². The number of hydrogen-bond donors (Lipinski definition) is 0. The van der Waals surface area contributed by atoms with Crippen LogP contribution in [0.2, 0.25) is 0 Å². The average molecular weight is 484 g/mol. The highest BCUT2D eigenvalue weighted by molar-refractivity contribution is 5.68. The van der Waals surface area contributed by atoms with Gasteiger partial charge in [0.1, 0.15) is 22.8 Å². The molecule has 4 rings (SSSR count). The van der Waals surface area contributed by atoms with Crippen molar-refractivity contribution < 1.29 is 36.6 Å². The Balaban J connectivity index is 1.51. The Bertz CT molecular complexity index is 1070. The molecule has 0 radical (unpaired) electrons. The number of carbonyl (C=O) groups excluding carboxylic acids is 1. The standard InChI is InChI=1S/C22H24F4N4O4/c1-20(2,3)34-19(31)29-7-8-32-21(11-29)12-30(13-21)18-27-16(22(24,25)26)10-17(28-18)33-15-6-4-5-14(23)9-15/h4-6,9-10H,7-8,11-13H2,1-3H3. The van der Waals surface area contributed by atoms with Crippen molar-refractivity contribution in [3.8, 4) is 11.6 Å². The lowest BCUT2D eigenvalue weighted by Crippen LogP contribution is -2.71. The first kappa shape index (κ1) is 24.0. The van der Waals surface area contributed by atoms with E-state index in [1.54, 1.807) is 20.8 Å². The molecule has 184 valence electrons. The normalized spacial score (nSPS) is 18.0. The van der Waals surface area contributed by atoms with Crippen LogP contribution in [0.3, 0.4) is 0 Å². The molecule has 12 heteroatoms. The molecule has 34 heavy (non-hydrogen) atoms. The number of rotatable bonds is 3. The van der Waals surface area contributed by atoms with Crippen LogP contribution in [0, 0.1) is 5.82 Å². The molecule has 1 aromatic carbocycles. The minimum atomic E-state index is -4.74. The molecule has 1 spiro atoms. The summed E-state index contributed by atoms with van der Waals surface area (Å²) in [5, 5.41) is 0. The first-order valence-electron chi connectivity index (χ1n) is 10.6. The molecule has 2 aliphatic heterocycles. The molecule has 0 unspecified atom stereocenters. The highest BCUT2D eigenvalue weighted by Crippen LogP contribution is 2.36. The number of carbonyl (C=O) groups is 1.